The van der Waals surface area contributed by atoms with Gasteiger partial charge in [0.2, 0.25) is 11.8 Å². The maximum Gasteiger partial charge on any atom is 0.271 e. The summed E-state index contributed by atoms with van der Waals surface area (Å²) in [5.74, 6) is -1.19. The fraction of sp³-hybridized carbons (Fsp3) is 0.333. The molecule has 1 saturated carbocycles. The summed E-state index contributed by atoms with van der Waals surface area (Å²) in [5, 5.41) is 10.8. The molecule has 1 aliphatic rings. The molecule has 0 heterocycles. The van der Waals surface area contributed by atoms with E-state index in [1.54, 1.807) is 0 Å². The molecule has 1 aliphatic carbocycles. The standard InChI is InChI=1S/C12H13N3O4/c13-11(16)9-4-7(15(18)19)5-10(12(14)17)8(9)3-6-1-2-6/h4-6H,1-3H2,(H2,13,16)(H2,14,17). The highest BCUT2D eigenvalue weighted by Gasteiger charge is 2.28. The van der Waals surface area contributed by atoms with Crippen molar-refractivity contribution >= 4 is 17.5 Å². The highest BCUT2D eigenvalue weighted by atomic mass is 16.6. The third-order valence-electron chi connectivity index (χ3n) is 3.17. The molecule has 7 heteroatoms. The van der Waals surface area contributed by atoms with Crippen LogP contribution in [0.15, 0.2) is 12.1 Å². The van der Waals surface area contributed by atoms with E-state index in [0.29, 0.717) is 17.9 Å². The van der Waals surface area contributed by atoms with Crippen LogP contribution in [0.1, 0.15) is 39.1 Å². The van der Waals surface area contributed by atoms with Crippen molar-refractivity contribution in [3.8, 4) is 0 Å². The zero-order valence-corrected chi connectivity index (χ0v) is 10.1. The zero-order valence-electron chi connectivity index (χ0n) is 10.1. The average Bonchev–Trinajstić information content (AvgIpc) is 3.12. The monoisotopic (exact) mass is 263 g/mol. The zero-order chi connectivity index (χ0) is 14.2. The molecule has 0 bridgehead atoms. The van der Waals surface area contributed by atoms with Crippen molar-refractivity contribution in [2.24, 2.45) is 17.4 Å². The Morgan fingerprint density at radius 2 is 1.68 bits per heavy atom. The number of benzene rings is 1. The smallest absolute Gasteiger partial charge is 0.271 e. The topological polar surface area (TPSA) is 129 Å². The maximum absolute atomic E-state index is 11.4. The first kappa shape index (κ1) is 13.0. The van der Waals surface area contributed by atoms with Gasteiger partial charge in [-0.2, -0.15) is 0 Å². The number of carbonyl (C=O) groups excluding carboxylic acids is 2. The van der Waals surface area contributed by atoms with Gasteiger partial charge in [-0.25, -0.2) is 0 Å². The molecule has 1 fully saturated rings. The summed E-state index contributed by atoms with van der Waals surface area (Å²) in [7, 11) is 0. The number of hydrogen-bond donors (Lipinski definition) is 2. The number of nitro groups is 1. The van der Waals surface area contributed by atoms with Gasteiger partial charge in [-0.1, -0.05) is 0 Å². The van der Waals surface area contributed by atoms with Crippen molar-refractivity contribution in [2.45, 2.75) is 19.3 Å². The number of nitrogens with two attached hydrogens (primary N) is 2. The Morgan fingerprint density at radius 3 is 2.00 bits per heavy atom. The SMILES string of the molecule is NC(=O)c1cc([N+](=O)[O-])cc(C(N)=O)c1CC1CC1. The van der Waals surface area contributed by atoms with Gasteiger partial charge in [0.1, 0.15) is 0 Å². The summed E-state index contributed by atoms with van der Waals surface area (Å²) in [4.78, 5) is 33.0. The van der Waals surface area contributed by atoms with Gasteiger partial charge in [-0.3, -0.25) is 19.7 Å². The molecule has 0 unspecified atom stereocenters. The lowest BCUT2D eigenvalue weighted by molar-refractivity contribution is -0.384. The minimum Gasteiger partial charge on any atom is -0.366 e. The Morgan fingerprint density at radius 1 is 1.21 bits per heavy atom. The number of hydrogen-bond acceptors (Lipinski definition) is 4. The molecule has 0 spiro atoms. The van der Waals surface area contributed by atoms with Crippen molar-refractivity contribution < 1.29 is 14.5 Å². The number of amides is 2. The van der Waals surface area contributed by atoms with Gasteiger partial charge in [0.15, 0.2) is 0 Å². The summed E-state index contributed by atoms with van der Waals surface area (Å²) in [5.41, 5.74) is 10.6. The van der Waals surface area contributed by atoms with Crippen LogP contribution in [0.4, 0.5) is 5.69 Å². The lowest BCUT2D eigenvalue weighted by Crippen LogP contribution is -2.21. The van der Waals surface area contributed by atoms with E-state index in [1.807, 2.05) is 0 Å². The lowest BCUT2D eigenvalue weighted by atomic mass is 9.94. The summed E-state index contributed by atoms with van der Waals surface area (Å²) >= 11 is 0. The van der Waals surface area contributed by atoms with E-state index >= 15 is 0 Å². The fourth-order valence-corrected chi connectivity index (χ4v) is 2.03. The molecule has 7 nitrogen and oxygen atoms in total. The van der Waals surface area contributed by atoms with E-state index in [9.17, 15) is 19.7 Å². The second-order valence-electron chi connectivity index (χ2n) is 4.65. The quantitative estimate of drug-likeness (QED) is 0.599. The van der Waals surface area contributed by atoms with Crippen LogP contribution in [0.3, 0.4) is 0 Å². The minimum absolute atomic E-state index is 0.00917. The first-order chi connectivity index (χ1) is 8.90. The largest absolute Gasteiger partial charge is 0.366 e. The lowest BCUT2D eigenvalue weighted by Gasteiger charge is -2.10. The van der Waals surface area contributed by atoms with E-state index in [1.165, 1.54) is 0 Å². The Hall–Kier alpha value is -2.44. The van der Waals surface area contributed by atoms with Crippen molar-refractivity contribution in [3.63, 3.8) is 0 Å². The van der Waals surface area contributed by atoms with Gasteiger partial charge in [0, 0.05) is 23.3 Å². The van der Waals surface area contributed by atoms with Crippen LogP contribution in [0.25, 0.3) is 0 Å². The number of nitrogens with zero attached hydrogens (tertiary/aromatic N) is 1. The first-order valence-corrected chi connectivity index (χ1v) is 5.81. The molecule has 0 saturated heterocycles. The predicted octanol–water partition coefficient (Wildman–Crippen LogP) is 0.745. The predicted molar refractivity (Wildman–Crippen MR) is 66.6 cm³/mol. The van der Waals surface area contributed by atoms with Crippen LogP contribution >= 0.6 is 0 Å². The van der Waals surface area contributed by atoms with Gasteiger partial charge in [-0.15, -0.1) is 0 Å². The van der Waals surface area contributed by atoms with E-state index in [0.717, 1.165) is 25.0 Å². The number of primary amides is 2. The van der Waals surface area contributed by atoms with Gasteiger partial charge < -0.3 is 11.5 Å². The van der Waals surface area contributed by atoms with Crippen molar-refractivity contribution in [1.29, 1.82) is 0 Å². The number of rotatable bonds is 5. The number of non-ortho nitro benzene ring substituents is 1. The van der Waals surface area contributed by atoms with Gasteiger partial charge in [0.25, 0.3) is 5.69 Å². The Bertz CT molecular complexity index is 543. The average molecular weight is 263 g/mol. The van der Waals surface area contributed by atoms with Crippen LogP contribution in [0.2, 0.25) is 0 Å². The second-order valence-corrected chi connectivity index (χ2v) is 4.65. The highest BCUT2D eigenvalue weighted by molar-refractivity contribution is 6.02. The van der Waals surface area contributed by atoms with E-state index < -0.39 is 16.7 Å². The van der Waals surface area contributed by atoms with Crippen LogP contribution in [0, 0.1) is 16.0 Å². The molecule has 100 valence electrons. The third-order valence-corrected chi connectivity index (χ3v) is 3.17. The molecule has 1 aromatic rings. The maximum atomic E-state index is 11.4. The van der Waals surface area contributed by atoms with Crippen LogP contribution in [-0.2, 0) is 6.42 Å². The van der Waals surface area contributed by atoms with E-state index in [4.69, 9.17) is 11.5 Å². The van der Waals surface area contributed by atoms with Crippen LogP contribution in [0.5, 0.6) is 0 Å². The Labute approximate surface area is 108 Å². The molecule has 0 atom stereocenters. The highest BCUT2D eigenvalue weighted by Crippen LogP contribution is 2.35. The minimum atomic E-state index is -0.790. The van der Waals surface area contributed by atoms with Crippen molar-refractivity contribution in [1.82, 2.24) is 0 Å². The summed E-state index contributed by atoms with van der Waals surface area (Å²) in [6.07, 6.45) is 2.51. The molecular weight excluding hydrogens is 250 g/mol. The van der Waals surface area contributed by atoms with E-state index in [2.05, 4.69) is 0 Å². The molecular formula is C12H13N3O4. The van der Waals surface area contributed by atoms with Gasteiger partial charge in [-0.05, 0) is 30.7 Å². The van der Waals surface area contributed by atoms with Crippen LogP contribution in [-0.4, -0.2) is 16.7 Å². The van der Waals surface area contributed by atoms with Crippen LogP contribution < -0.4 is 11.5 Å². The first-order valence-electron chi connectivity index (χ1n) is 5.81. The van der Waals surface area contributed by atoms with Crippen molar-refractivity contribution in [2.75, 3.05) is 0 Å². The number of nitro benzene ring substituents is 1. The molecule has 0 aliphatic heterocycles. The Kier molecular flexibility index (Phi) is 3.20. The molecule has 2 rings (SSSR count). The summed E-state index contributed by atoms with van der Waals surface area (Å²) < 4.78 is 0. The molecule has 19 heavy (non-hydrogen) atoms. The molecule has 4 N–H and O–H groups in total. The third kappa shape index (κ3) is 2.70. The Balaban J connectivity index is 2.61. The normalized spacial score (nSPS) is 14.1. The summed E-state index contributed by atoms with van der Waals surface area (Å²) in [6.45, 7) is 0. The van der Waals surface area contributed by atoms with E-state index in [-0.39, 0.29) is 16.8 Å². The van der Waals surface area contributed by atoms with Crippen molar-refractivity contribution in [3.05, 3.63) is 38.9 Å². The van der Waals surface area contributed by atoms with Gasteiger partial charge in [0.05, 0.1) is 4.92 Å². The fourth-order valence-electron chi connectivity index (χ4n) is 2.03. The molecule has 0 radical (unpaired) electrons. The summed E-state index contributed by atoms with van der Waals surface area (Å²) in [6, 6.07) is 2.21. The molecule has 0 aromatic heterocycles. The van der Waals surface area contributed by atoms with Gasteiger partial charge >= 0.3 is 0 Å². The molecule has 1 aromatic carbocycles. The number of carbonyl (C=O) groups is 2. The molecule has 2 amide bonds. The second kappa shape index (κ2) is 4.68.